The fourth-order valence-electron chi connectivity index (χ4n) is 5.72. The molecule has 10 N–H and O–H groups in total. The van der Waals surface area contributed by atoms with Crippen molar-refractivity contribution in [2.24, 2.45) is 0 Å². The SMILES string of the molecule is CC(O)CN(CCO)c1nc(Nc2ccc(C=Cc3ccc(Nc4nc(C(C)O)nc(N(CCO)CC(C)O)n4)cc3S(=O)(=O)O)c(S(=O)(=O)O)c2)nc(C(C)O)n1.c1ccccc1. The second-order valence-electron chi connectivity index (χ2n) is 14.2. The smallest absolute Gasteiger partial charge is 0.295 e. The Hall–Kier alpha value is -5.80. The van der Waals surface area contributed by atoms with Gasteiger partial charge in [-0.25, -0.2) is 0 Å². The van der Waals surface area contributed by atoms with Gasteiger partial charge in [-0.3, -0.25) is 9.11 Å². The molecule has 0 amide bonds. The molecule has 3 aromatic carbocycles. The van der Waals surface area contributed by atoms with E-state index < -0.39 is 54.4 Å². The summed E-state index contributed by atoms with van der Waals surface area (Å²) in [6.07, 6.45) is -1.65. The van der Waals surface area contributed by atoms with Crippen LogP contribution in [0.25, 0.3) is 12.2 Å². The number of benzene rings is 3. The summed E-state index contributed by atoms with van der Waals surface area (Å²) >= 11 is 0. The fourth-order valence-corrected chi connectivity index (χ4v) is 7.14. The van der Waals surface area contributed by atoms with Crippen LogP contribution < -0.4 is 20.4 Å². The topological polar surface area (TPSA) is 338 Å². The first-order valence-corrected chi connectivity index (χ1v) is 22.5. The fraction of sp³-hybridized carbons (Fsp3) is 0.350. The van der Waals surface area contributed by atoms with Crippen LogP contribution >= 0.6 is 0 Å². The minimum absolute atomic E-state index is 0.00580. The largest absolute Gasteiger partial charge is 0.395 e. The molecule has 5 aromatic rings. The van der Waals surface area contributed by atoms with Crippen LogP contribution in [0.2, 0.25) is 0 Å². The van der Waals surface area contributed by atoms with E-state index in [1.54, 1.807) is 0 Å². The maximum absolute atomic E-state index is 12.6. The van der Waals surface area contributed by atoms with E-state index >= 15 is 0 Å². The molecule has 0 saturated heterocycles. The van der Waals surface area contributed by atoms with Gasteiger partial charge in [-0.05, 0) is 63.1 Å². The lowest BCUT2D eigenvalue weighted by Crippen LogP contribution is -2.35. The lowest BCUT2D eigenvalue weighted by molar-refractivity contribution is 0.187. The van der Waals surface area contributed by atoms with Crippen molar-refractivity contribution in [2.75, 3.05) is 59.8 Å². The molecule has 4 unspecified atom stereocenters. The van der Waals surface area contributed by atoms with E-state index in [1.165, 1.54) is 73.9 Å². The molecule has 0 bridgehead atoms. The molecule has 24 heteroatoms. The molecule has 0 radical (unpaired) electrons. The van der Waals surface area contributed by atoms with E-state index in [0.29, 0.717) is 0 Å². The van der Waals surface area contributed by atoms with Crippen LogP contribution in [0, 0.1) is 0 Å². The molecular formula is C40H52N10O12S2. The Morgan fingerprint density at radius 1 is 0.562 bits per heavy atom. The molecule has 2 aromatic heterocycles. The predicted octanol–water partition coefficient (Wildman–Crippen LogP) is 2.36. The summed E-state index contributed by atoms with van der Waals surface area (Å²) in [4.78, 5) is 27.0. The van der Waals surface area contributed by atoms with Gasteiger partial charge >= 0.3 is 0 Å². The second kappa shape index (κ2) is 23.2. The van der Waals surface area contributed by atoms with E-state index in [1.807, 2.05) is 36.4 Å². The quantitative estimate of drug-likeness (QED) is 0.0395. The van der Waals surface area contributed by atoms with Gasteiger partial charge in [0.05, 0.1) is 25.4 Å². The molecule has 64 heavy (non-hydrogen) atoms. The predicted molar refractivity (Wildman–Crippen MR) is 237 cm³/mol. The minimum atomic E-state index is -4.92. The third kappa shape index (κ3) is 15.5. The van der Waals surface area contributed by atoms with Crippen molar-refractivity contribution < 1.29 is 56.6 Å². The molecule has 346 valence electrons. The van der Waals surface area contributed by atoms with Crippen molar-refractivity contribution >= 4 is 67.6 Å². The van der Waals surface area contributed by atoms with E-state index in [2.05, 4.69) is 40.5 Å². The molecule has 0 saturated carbocycles. The number of aliphatic hydroxyl groups is 6. The standard InChI is InChI=1S/C34H46N10O12S2.C6H6/c1-19(47)17-43(11-13-45)33-39-29(21(3)49)37-31(41-33)35-25-9-7-23(27(15-25)57(51,52)53)5-6-24-8-10-26(16-28(24)58(54,55)56)36-32-38-30(22(4)50)40-34(42-32)44(12-14-46)18-20(2)48;1-2-4-6-5-3-1/h5-10,15-16,19-22,45-50H,11-14,17-18H2,1-4H3,(H,51,52,53)(H,54,55,56)(H,35,37,39,41)(H,36,38,40,42);1-6H. The zero-order valence-corrected chi connectivity index (χ0v) is 36.9. The summed E-state index contributed by atoms with van der Waals surface area (Å²) in [6.45, 7) is 5.32. The number of aliphatic hydroxyl groups excluding tert-OH is 6. The third-order valence-corrected chi connectivity index (χ3v) is 10.3. The number of hydrogen-bond acceptors (Lipinski definition) is 20. The third-order valence-electron chi connectivity index (χ3n) is 8.51. The minimum Gasteiger partial charge on any atom is -0.395 e. The molecule has 2 heterocycles. The van der Waals surface area contributed by atoms with E-state index in [9.17, 15) is 56.6 Å². The Kier molecular flexibility index (Phi) is 18.4. The maximum Gasteiger partial charge on any atom is 0.295 e. The van der Waals surface area contributed by atoms with Crippen LogP contribution in [0.1, 0.15) is 62.7 Å². The van der Waals surface area contributed by atoms with Gasteiger partial charge in [0.2, 0.25) is 23.8 Å². The van der Waals surface area contributed by atoms with Crippen molar-refractivity contribution in [3.63, 3.8) is 0 Å². The van der Waals surface area contributed by atoms with E-state index in [0.717, 1.165) is 12.1 Å². The Labute approximate surface area is 370 Å². The van der Waals surface area contributed by atoms with Crippen LogP contribution in [0.15, 0.2) is 82.6 Å². The zero-order valence-electron chi connectivity index (χ0n) is 35.2. The van der Waals surface area contributed by atoms with E-state index in [-0.39, 0.29) is 97.3 Å². The van der Waals surface area contributed by atoms with Crippen molar-refractivity contribution in [2.45, 2.75) is 61.9 Å². The first kappa shape index (κ1) is 50.8. The molecule has 0 aliphatic rings. The average Bonchev–Trinajstić information content (AvgIpc) is 3.22. The van der Waals surface area contributed by atoms with Crippen molar-refractivity contribution in [1.29, 1.82) is 0 Å². The van der Waals surface area contributed by atoms with Crippen LogP contribution in [0.3, 0.4) is 0 Å². The highest BCUT2D eigenvalue weighted by atomic mass is 32.2. The molecule has 0 aliphatic carbocycles. The Morgan fingerprint density at radius 3 is 1.19 bits per heavy atom. The Morgan fingerprint density at radius 2 is 0.906 bits per heavy atom. The maximum atomic E-state index is 12.6. The van der Waals surface area contributed by atoms with Crippen LogP contribution in [0.4, 0.5) is 35.2 Å². The van der Waals surface area contributed by atoms with Gasteiger partial charge in [-0.1, -0.05) is 60.7 Å². The van der Waals surface area contributed by atoms with Gasteiger partial charge in [-0.2, -0.15) is 46.7 Å². The van der Waals surface area contributed by atoms with Gasteiger partial charge in [0.1, 0.15) is 22.0 Å². The van der Waals surface area contributed by atoms with Gasteiger partial charge in [0.15, 0.2) is 11.6 Å². The summed E-state index contributed by atoms with van der Waals surface area (Å²) in [5, 5.41) is 64.9. The molecule has 0 spiro atoms. The summed E-state index contributed by atoms with van der Waals surface area (Å²) in [6, 6.07) is 19.4. The van der Waals surface area contributed by atoms with Crippen molar-refractivity contribution in [1.82, 2.24) is 29.9 Å². The number of nitrogens with one attached hydrogen (secondary N) is 2. The molecular weight excluding hydrogens is 877 g/mol. The molecule has 22 nitrogen and oxygen atoms in total. The average molecular weight is 929 g/mol. The molecule has 0 aliphatic heterocycles. The second-order valence-corrected chi connectivity index (χ2v) is 17.0. The summed E-state index contributed by atoms with van der Waals surface area (Å²) in [5.74, 6) is -0.466. The number of anilines is 6. The normalized spacial score (nSPS) is 13.6. The highest BCUT2D eigenvalue weighted by Gasteiger charge is 2.22. The number of aromatic nitrogens is 6. The lowest BCUT2D eigenvalue weighted by Gasteiger charge is -2.24. The Bertz CT molecular complexity index is 2370. The first-order valence-electron chi connectivity index (χ1n) is 19.6. The van der Waals surface area contributed by atoms with Crippen LogP contribution in [-0.4, -0.2) is 138 Å². The van der Waals surface area contributed by atoms with Gasteiger partial charge in [-0.15, -0.1) is 0 Å². The van der Waals surface area contributed by atoms with E-state index in [4.69, 9.17) is 0 Å². The van der Waals surface area contributed by atoms with Gasteiger partial charge in [0, 0.05) is 37.6 Å². The summed E-state index contributed by atoms with van der Waals surface area (Å²) in [7, 11) is -9.84. The zero-order chi connectivity index (χ0) is 47.2. The highest BCUT2D eigenvalue weighted by Crippen LogP contribution is 2.29. The molecule has 0 fully saturated rings. The first-order chi connectivity index (χ1) is 30.2. The lowest BCUT2D eigenvalue weighted by atomic mass is 10.1. The van der Waals surface area contributed by atoms with Gasteiger partial charge in [0.25, 0.3) is 20.2 Å². The summed E-state index contributed by atoms with van der Waals surface area (Å²) < 4.78 is 70.5. The van der Waals surface area contributed by atoms with Crippen molar-refractivity contribution in [3.8, 4) is 0 Å². The highest BCUT2D eigenvalue weighted by molar-refractivity contribution is 7.86. The number of nitrogens with zero attached hydrogens (tertiary/aromatic N) is 8. The summed E-state index contributed by atoms with van der Waals surface area (Å²) in [5.41, 5.74) is -0.0853. The monoisotopic (exact) mass is 928 g/mol. The molecule has 5 rings (SSSR count). The van der Waals surface area contributed by atoms with Gasteiger partial charge < -0.3 is 51.1 Å². The number of hydrogen-bond donors (Lipinski definition) is 10. The molecule has 4 atom stereocenters. The van der Waals surface area contributed by atoms with Crippen LogP contribution in [0.5, 0.6) is 0 Å². The van der Waals surface area contributed by atoms with Crippen LogP contribution in [-0.2, 0) is 20.2 Å². The number of rotatable bonds is 20. The van der Waals surface area contributed by atoms with Crippen molar-refractivity contribution in [3.05, 3.63) is 95.6 Å². The Balaban J connectivity index is 0.00000138.